The van der Waals surface area contributed by atoms with Crippen LogP contribution in [0.3, 0.4) is 0 Å². The maximum atomic E-state index is 15.2. The summed E-state index contributed by atoms with van der Waals surface area (Å²) in [6.45, 7) is -1.18. The molecule has 0 fully saturated rings. The van der Waals surface area contributed by atoms with Gasteiger partial charge in [0.25, 0.3) is 0 Å². The third-order valence-corrected chi connectivity index (χ3v) is 7.62. The molecule has 0 aliphatic rings. The first-order valence-corrected chi connectivity index (χ1v) is 14.9. The number of benzene rings is 5. The molecule has 48 heavy (non-hydrogen) atoms. The topological polar surface area (TPSA) is 18.5 Å². The lowest BCUT2D eigenvalue weighted by Crippen LogP contribution is -2.25. The summed E-state index contributed by atoms with van der Waals surface area (Å²) in [5, 5.41) is 0. The van der Waals surface area contributed by atoms with E-state index in [1.165, 1.54) is 12.1 Å². The molecule has 0 heterocycles. The molecule has 5 aromatic rings. The smallest absolute Gasteiger partial charge is 0.432 e. The van der Waals surface area contributed by atoms with Crippen molar-refractivity contribution in [1.29, 1.82) is 0 Å². The Kier molecular flexibility index (Phi) is 10.4. The first-order valence-electron chi connectivity index (χ1n) is 14.9. The largest absolute Gasteiger partial charge is 0.432 e. The van der Waals surface area contributed by atoms with Crippen LogP contribution in [0.25, 0.3) is 33.4 Å². The van der Waals surface area contributed by atoms with Crippen LogP contribution in [-0.4, -0.2) is 6.61 Å². The SMILES string of the molecule is CCCCCc1ccc(-c2ccc(-c3cc(F)c(C(F)(F)Oc4ccc(-c5ccc(OC(F)F)c(F)c5)c(F)c4)c(F)c3)c(F)c2)cc1. The van der Waals surface area contributed by atoms with Crippen molar-refractivity contribution < 1.29 is 49.0 Å². The van der Waals surface area contributed by atoms with Crippen molar-refractivity contribution in [1.82, 2.24) is 0 Å². The maximum absolute atomic E-state index is 15.2. The van der Waals surface area contributed by atoms with Gasteiger partial charge in [-0.25, -0.2) is 22.0 Å². The quantitative estimate of drug-likeness (QED) is 0.0969. The molecule has 0 aliphatic heterocycles. The number of hydrogen-bond acceptors (Lipinski definition) is 2. The molecule has 0 atom stereocenters. The highest BCUT2D eigenvalue weighted by Gasteiger charge is 2.41. The highest BCUT2D eigenvalue weighted by Crippen LogP contribution is 2.39. The molecule has 0 amide bonds. The van der Waals surface area contributed by atoms with E-state index in [9.17, 15) is 17.6 Å². The van der Waals surface area contributed by atoms with Gasteiger partial charge in [-0.1, -0.05) is 62.2 Å². The standard InChI is InChI=1S/C37H27F9O2/c1-2-3-4-5-21-6-8-22(9-7-21)23-10-13-28(29(38)16-23)25-18-32(41)35(33(42)19-25)37(45,46)48-26-12-14-27(30(39)20-26)24-11-15-34(31(40)17-24)47-36(43)44/h6-20,36H,2-5H2,1H3. The molecule has 5 rings (SSSR count). The van der Waals surface area contributed by atoms with Gasteiger partial charge < -0.3 is 9.47 Å². The van der Waals surface area contributed by atoms with E-state index in [-0.39, 0.29) is 22.3 Å². The van der Waals surface area contributed by atoms with Gasteiger partial charge in [-0.15, -0.1) is 0 Å². The number of hydrogen-bond donors (Lipinski definition) is 0. The predicted octanol–water partition coefficient (Wildman–Crippen LogP) is 11.8. The molecule has 0 radical (unpaired) electrons. The van der Waals surface area contributed by atoms with E-state index >= 15 is 22.0 Å². The fraction of sp³-hybridized carbons (Fsp3) is 0.189. The van der Waals surface area contributed by atoms with Crippen molar-refractivity contribution in [2.75, 3.05) is 0 Å². The molecule has 0 aliphatic carbocycles. The van der Waals surface area contributed by atoms with E-state index < -0.39 is 58.9 Å². The zero-order valence-corrected chi connectivity index (χ0v) is 25.3. The summed E-state index contributed by atoms with van der Waals surface area (Å²) in [7, 11) is 0. The van der Waals surface area contributed by atoms with Crippen LogP contribution in [0.4, 0.5) is 39.5 Å². The average molecular weight is 675 g/mol. The van der Waals surface area contributed by atoms with Gasteiger partial charge in [-0.3, -0.25) is 0 Å². The molecule has 2 nitrogen and oxygen atoms in total. The molecule has 0 saturated carbocycles. The molecule has 0 N–H and O–H groups in total. The molecule has 250 valence electrons. The highest BCUT2D eigenvalue weighted by atomic mass is 19.3. The highest BCUT2D eigenvalue weighted by molar-refractivity contribution is 5.72. The molecule has 0 saturated heterocycles. The van der Waals surface area contributed by atoms with Crippen LogP contribution in [0.2, 0.25) is 0 Å². The molecular formula is C37H27F9O2. The lowest BCUT2D eigenvalue weighted by molar-refractivity contribution is -0.189. The van der Waals surface area contributed by atoms with Crippen molar-refractivity contribution in [2.45, 2.75) is 45.3 Å². The van der Waals surface area contributed by atoms with E-state index in [4.69, 9.17) is 0 Å². The number of halogens is 9. The number of ether oxygens (including phenoxy) is 2. The molecule has 0 aromatic heterocycles. The van der Waals surface area contributed by atoms with Crippen LogP contribution in [0.5, 0.6) is 11.5 Å². The Hall–Kier alpha value is -4.93. The molecule has 11 heteroatoms. The van der Waals surface area contributed by atoms with Gasteiger partial charge in [-0.2, -0.15) is 17.6 Å². The molecule has 0 spiro atoms. The number of unbranched alkanes of at least 4 members (excludes halogenated alkanes) is 2. The van der Waals surface area contributed by atoms with Gasteiger partial charge in [-0.05, 0) is 83.1 Å². The minimum Gasteiger partial charge on any atom is -0.432 e. The van der Waals surface area contributed by atoms with Crippen molar-refractivity contribution in [3.8, 4) is 44.9 Å². The predicted molar refractivity (Wildman–Crippen MR) is 163 cm³/mol. The number of aryl methyl sites for hydroxylation is 1. The summed E-state index contributed by atoms with van der Waals surface area (Å²) in [5.74, 6) is -8.36. The summed E-state index contributed by atoms with van der Waals surface area (Å²) in [5.41, 5.74) is -0.450. The zero-order valence-electron chi connectivity index (χ0n) is 25.3. The summed E-state index contributed by atoms with van der Waals surface area (Å²) in [4.78, 5) is 0. The van der Waals surface area contributed by atoms with Crippen LogP contribution in [0.15, 0.2) is 91.0 Å². The van der Waals surface area contributed by atoms with Gasteiger partial charge in [0.1, 0.15) is 34.6 Å². The molecular weight excluding hydrogens is 647 g/mol. The Labute approximate surface area is 270 Å². The minimum absolute atomic E-state index is 0.145. The second-order valence-electron chi connectivity index (χ2n) is 10.9. The third kappa shape index (κ3) is 7.78. The lowest BCUT2D eigenvalue weighted by Gasteiger charge is -2.20. The fourth-order valence-electron chi connectivity index (χ4n) is 5.23. The first-order chi connectivity index (χ1) is 22.9. The summed E-state index contributed by atoms with van der Waals surface area (Å²) >= 11 is 0. The van der Waals surface area contributed by atoms with E-state index in [0.717, 1.165) is 61.1 Å². The van der Waals surface area contributed by atoms with Gasteiger partial charge in [0.15, 0.2) is 11.6 Å². The minimum atomic E-state index is -4.65. The average Bonchev–Trinajstić information content (AvgIpc) is 3.01. The van der Waals surface area contributed by atoms with Gasteiger partial charge in [0, 0.05) is 17.2 Å². The van der Waals surface area contributed by atoms with E-state index in [1.807, 2.05) is 24.3 Å². The molecule has 0 unspecified atom stereocenters. The number of rotatable bonds is 12. The Morgan fingerprint density at radius 2 is 1.15 bits per heavy atom. The second kappa shape index (κ2) is 14.5. The van der Waals surface area contributed by atoms with Crippen LogP contribution in [0, 0.1) is 29.1 Å². The first kappa shape index (κ1) is 34.4. The van der Waals surface area contributed by atoms with E-state index in [2.05, 4.69) is 16.4 Å². The Balaban J connectivity index is 1.34. The van der Waals surface area contributed by atoms with E-state index in [0.29, 0.717) is 29.8 Å². The van der Waals surface area contributed by atoms with Crippen LogP contribution < -0.4 is 9.47 Å². The van der Waals surface area contributed by atoms with Crippen molar-refractivity contribution in [2.24, 2.45) is 0 Å². The maximum Gasteiger partial charge on any atom is 0.432 e. The monoisotopic (exact) mass is 674 g/mol. The van der Waals surface area contributed by atoms with Crippen LogP contribution in [0.1, 0.15) is 37.3 Å². The van der Waals surface area contributed by atoms with Crippen molar-refractivity contribution in [3.05, 3.63) is 131 Å². The summed E-state index contributed by atoms with van der Waals surface area (Å²) in [6, 6.07) is 17.5. The lowest BCUT2D eigenvalue weighted by atomic mass is 9.97. The van der Waals surface area contributed by atoms with Gasteiger partial charge in [0.2, 0.25) is 0 Å². The Morgan fingerprint density at radius 1 is 0.583 bits per heavy atom. The Bertz CT molecular complexity index is 1880. The molecule has 5 aromatic carbocycles. The zero-order chi connectivity index (χ0) is 34.6. The molecule has 0 bridgehead atoms. The fourth-order valence-corrected chi connectivity index (χ4v) is 5.23. The van der Waals surface area contributed by atoms with Crippen LogP contribution >= 0.6 is 0 Å². The Morgan fingerprint density at radius 3 is 1.75 bits per heavy atom. The normalized spacial score (nSPS) is 11.6. The summed E-state index contributed by atoms with van der Waals surface area (Å²) < 4.78 is 138. The van der Waals surface area contributed by atoms with Crippen LogP contribution in [-0.2, 0) is 12.5 Å². The summed E-state index contributed by atoms with van der Waals surface area (Å²) in [6.07, 6.45) is -0.455. The van der Waals surface area contributed by atoms with E-state index in [1.54, 1.807) is 6.07 Å². The van der Waals surface area contributed by atoms with Gasteiger partial charge in [0.05, 0.1) is 0 Å². The van der Waals surface area contributed by atoms with Crippen molar-refractivity contribution >= 4 is 0 Å². The second-order valence-corrected chi connectivity index (χ2v) is 10.9. The van der Waals surface area contributed by atoms with Crippen molar-refractivity contribution in [3.63, 3.8) is 0 Å². The van der Waals surface area contributed by atoms with Gasteiger partial charge >= 0.3 is 12.7 Å². The number of alkyl halides is 4. The third-order valence-electron chi connectivity index (χ3n) is 7.62.